The fourth-order valence-corrected chi connectivity index (χ4v) is 3.94. The second-order valence-electron chi connectivity index (χ2n) is 6.66. The van der Waals surface area contributed by atoms with Crippen molar-refractivity contribution in [2.45, 2.75) is 19.5 Å². The van der Waals surface area contributed by atoms with Crippen LogP contribution in [-0.4, -0.2) is 51.0 Å². The van der Waals surface area contributed by atoms with E-state index in [1.165, 1.54) is 30.1 Å². The molecule has 162 valence electrons. The van der Waals surface area contributed by atoms with Crippen molar-refractivity contribution in [1.82, 2.24) is 10.2 Å². The molecule has 1 unspecified atom stereocenters. The molecule has 7 nitrogen and oxygen atoms in total. The molecule has 0 heterocycles. The molecule has 0 bridgehead atoms. The molecule has 30 heavy (non-hydrogen) atoms. The number of rotatable bonds is 8. The average Bonchev–Trinajstić information content (AvgIpc) is 2.70. The normalized spacial score (nSPS) is 12.2. The predicted octanol–water partition coefficient (Wildman–Crippen LogP) is 2.52. The number of hydrogen-bond acceptors (Lipinski definition) is 4. The van der Waals surface area contributed by atoms with Crippen molar-refractivity contribution in [3.63, 3.8) is 0 Å². The molecule has 2 aromatic rings. The Morgan fingerprint density at radius 2 is 1.73 bits per heavy atom. The number of para-hydroxylation sites is 1. The summed E-state index contributed by atoms with van der Waals surface area (Å²) in [6.07, 6.45) is 0.897. The zero-order valence-corrected chi connectivity index (χ0v) is 19.2. The van der Waals surface area contributed by atoms with E-state index >= 15 is 0 Å². The van der Waals surface area contributed by atoms with Crippen molar-refractivity contribution in [3.8, 4) is 0 Å². The van der Waals surface area contributed by atoms with Gasteiger partial charge in [-0.15, -0.1) is 0 Å². The van der Waals surface area contributed by atoms with Crippen LogP contribution in [0.4, 0.5) is 10.1 Å². The number of carbonyl (C=O) groups excluding carboxylic acids is 2. The Kier molecular flexibility index (Phi) is 7.96. The van der Waals surface area contributed by atoms with Gasteiger partial charge in [-0.3, -0.25) is 13.9 Å². The van der Waals surface area contributed by atoms with Gasteiger partial charge in [0.1, 0.15) is 18.4 Å². The summed E-state index contributed by atoms with van der Waals surface area (Å²) >= 11 is 3.34. The first-order chi connectivity index (χ1) is 14.0. The van der Waals surface area contributed by atoms with Crippen molar-refractivity contribution in [2.75, 3.05) is 24.2 Å². The van der Waals surface area contributed by atoms with Crippen molar-refractivity contribution in [2.24, 2.45) is 0 Å². The summed E-state index contributed by atoms with van der Waals surface area (Å²) in [5, 5.41) is 2.49. The Hall–Kier alpha value is -2.46. The Bertz CT molecular complexity index is 1010. The summed E-state index contributed by atoms with van der Waals surface area (Å²) in [4.78, 5) is 26.6. The molecule has 0 fully saturated rings. The van der Waals surface area contributed by atoms with Crippen molar-refractivity contribution in [1.29, 1.82) is 0 Å². The third-order valence-corrected chi connectivity index (χ3v) is 6.14. The molecule has 0 aliphatic heterocycles. The lowest BCUT2D eigenvalue weighted by Gasteiger charge is -2.31. The summed E-state index contributed by atoms with van der Waals surface area (Å²) in [5.41, 5.74) is 0.517. The SMILES string of the molecule is CNC(=O)C(C)N(Cc1ccc(Br)cc1)C(=O)CN(c1ccccc1F)S(C)(=O)=O. The van der Waals surface area contributed by atoms with Gasteiger partial charge in [0.2, 0.25) is 21.8 Å². The molecule has 0 aliphatic rings. The van der Waals surface area contributed by atoms with Crippen molar-refractivity contribution in [3.05, 3.63) is 64.4 Å². The largest absolute Gasteiger partial charge is 0.357 e. The van der Waals surface area contributed by atoms with E-state index in [1.54, 1.807) is 31.2 Å². The van der Waals surface area contributed by atoms with Crippen LogP contribution in [0.1, 0.15) is 12.5 Å². The number of anilines is 1. The number of sulfonamides is 1. The third-order valence-electron chi connectivity index (χ3n) is 4.48. The Morgan fingerprint density at radius 3 is 2.27 bits per heavy atom. The molecule has 0 saturated carbocycles. The van der Waals surface area contributed by atoms with Crippen LogP contribution >= 0.6 is 15.9 Å². The molecule has 2 rings (SSSR count). The molecule has 0 radical (unpaired) electrons. The standard InChI is InChI=1S/C20H23BrFN3O4S/c1-14(20(27)23-2)24(12-15-8-10-16(21)11-9-15)19(26)13-25(30(3,28)29)18-7-5-4-6-17(18)22/h4-11,14H,12-13H2,1-3H3,(H,23,27). The van der Waals surface area contributed by atoms with Crippen molar-refractivity contribution < 1.29 is 22.4 Å². The number of halogens is 2. The van der Waals surface area contributed by atoms with Gasteiger partial charge in [0, 0.05) is 18.1 Å². The van der Waals surface area contributed by atoms with Gasteiger partial charge in [-0.2, -0.15) is 0 Å². The van der Waals surface area contributed by atoms with E-state index in [2.05, 4.69) is 21.2 Å². The lowest BCUT2D eigenvalue weighted by molar-refractivity contribution is -0.139. The van der Waals surface area contributed by atoms with Crippen LogP contribution in [0.15, 0.2) is 53.0 Å². The molecule has 1 atom stereocenters. The van der Waals surface area contributed by atoms with Crippen LogP contribution in [0.3, 0.4) is 0 Å². The topological polar surface area (TPSA) is 86.8 Å². The summed E-state index contributed by atoms with van der Waals surface area (Å²) < 4.78 is 40.4. The van der Waals surface area contributed by atoms with Gasteiger partial charge in [-0.05, 0) is 36.8 Å². The highest BCUT2D eigenvalue weighted by Crippen LogP contribution is 2.22. The maximum Gasteiger partial charge on any atom is 0.244 e. The molecule has 0 aromatic heterocycles. The first kappa shape index (κ1) is 23.8. The van der Waals surface area contributed by atoms with Crippen LogP contribution < -0.4 is 9.62 Å². The fourth-order valence-electron chi connectivity index (χ4n) is 2.83. The number of nitrogens with zero attached hydrogens (tertiary/aromatic N) is 2. The lowest BCUT2D eigenvalue weighted by Crippen LogP contribution is -2.50. The average molecular weight is 500 g/mol. The van der Waals surface area contributed by atoms with Gasteiger partial charge in [0.25, 0.3) is 0 Å². The number of amides is 2. The summed E-state index contributed by atoms with van der Waals surface area (Å²) in [6, 6.07) is 11.6. The smallest absolute Gasteiger partial charge is 0.244 e. The summed E-state index contributed by atoms with van der Waals surface area (Å²) in [7, 11) is -2.51. The molecule has 1 N–H and O–H groups in total. The van der Waals surface area contributed by atoms with E-state index in [0.29, 0.717) is 4.31 Å². The van der Waals surface area contributed by atoms with Crippen LogP contribution in [0.5, 0.6) is 0 Å². The monoisotopic (exact) mass is 499 g/mol. The highest BCUT2D eigenvalue weighted by Gasteiger charge is 2.30. The number of benzene rings is 2. The van der Waals surface area contributed by atoms with Gasteiger partial charge in [0.05, 0.1) is 11.9 Å². The predicted molar refractivity (Wildman–Crippen MR) is 117 cm³/mol. The van der Waals surface area contributed by atoms with E-state index in [1.807, 2.05) is 0 Å². The van der Waals surface area contributed by atoms with Gasteiger partial charge < -0.3 is 10.2 Å². The number of hydrogen-bond donors (Lipinski definition) is 1. The minimum atomic E-state index is -3.96. The number of carbonyl (C=O) groups is 2. The Morgan fingerprint density at radius 1 is 1.13 bits per heavy atom. The maximum atomic E-state index is 14.2. The van der Waals surface area contributed by atoms with Gasteiger partial charge >= 0.3 is 0 Å². The van der Waals surface area contributed by atoms with E-state index in [-0.39, 0.29) is 12.2 Å². The highest BCUT2D eigenvalue weighted by atomic mass is 79.9. The number of likely N-dealkylation sites (N-methyl/N-ethyl adjacent to an activating group) is 1. The molecule has 2 amide bonds. The lowest BCUT2D eigenvalue weighted by atomic mass is 10.1. The molecule has 2 aromatic carbocycles. The van der Waals surface area contributed by atoms with Gasteiger partial charge in [0.15, 0.2) is 0 Å². The van der Waals surface area contributed by atoms with Crippen LogP contribution in [-0.2, 0) is 26.2 Å². The Labute approximate surface area is 184 Å². The van der Waals surface area contributed by atoms with Gasteiger partial charge in [-0.25, -0.2) is 12.8 Å². The maximum absolute atomic E-state index is 14.2. The van der Waals surface area contributed by atoms with Crippen LogP contribution in [0.25, 0.3) is 0 Å². The minimum Gasteiger partial charge on any atom is -0.357 e. The molecular weight excluding hydrogens is 477 g/mol. The second-order valence-corrected chi connectivity index (χ2v) is 9.48. The molecule has 0 saturated heterocycles. The first-order valence-electron chi connectivity index (χ1n) is 9.02. The highest BCUT2D eigenvalue weighted by molar-refractivity contribution is 9.10. The molecular formula is C20H23BrFN3O4S. The van der Waals surface area contributed by atoms with Gasteiger partial charge in [-0.1, -0.05) is 40.2 Å². The second kappa shape index (κ2) is 10.0. The summed E-state index contributed by atoms with van der Waals surface area (Å²) in [6.45, 7) is 0.983. The number of nitrogens with one attached hydrogen (secondary N) is 1. The molecule has 0 aliphatic carbocycles. The van der Waals surface area contributed by atoms with Crippen LogP contribution in [0.2, 0.25) is 0 Å². The van der Waals surface area contributed by atoms with E-state index < -0.39 is 40.2 Å². The van der Waals surface area contributed by atoms with Crippen molar-refractivity contribution >= 4 is 43.5 Å². The van der Waals surface area contributed by atoms with E-state index in [9.17, 15) is 22.4 Å². The summed E-state index contributed by atoms with van der Waals surface area (Å²) in [5.74, 6) is -1.81. The zero-order chi connectivity index (χ0) is 22.5. The third kappa shape index (κ3) is 6.02. The zero-order valence-electron chi connectivity index (χ0n) is 16.8. The minimum absolute atomic E-state index is 0.0789. The van der Waals surface area contributed by atoms with E-state index in [4.69, 9.17) is 0 Å². The quantitative estimate of drug-likeness (QED) is 0.604. The first-order valence-corrected chi connectivity index (χ1v) is 11.7. The van der Waals surface area contributed by atoms with Crippen LogP contribution in [0, 0.1) is 5.82 Å². The van der Waals surface area contributed by atoms with E-state index in [0.717, 1.165) is 22.4 Å². The molecule has 0 spiro atoms. The Balaban J connectivity index is 2.38. The molecule has 10 heteroatoms. The fraction of sp³-hybridized carbons (Fsp3) is 0.300.